The summed E-state index contributed by atoms with van der Waals surface area (Å²) in [5.74, 6) is 1.29. The number of guanidine groups is 1. The number of anilines is 1. The molecule has 2 aliphatic rings. The molecule has 1 amide bonds. The van der Waals surface area contributed by atoms with Crippen molar-refractivity contribution in [2.75, 3.05) is 38.6 Å². The van der Waals surface area contributed by atoms with Gasteiger partial charge in [-0.25, -0.2) is 0 Å². The van der Waals surface area contributed by atoms with Crippen LogP contribution in [0.25, 0.3) is 0 Å². The number of hydrogen-bond acceptors (Lipinski definition) is 7. The van der Waals surface area contributed by atoms with E-state index in [0.717, 1.165) is 75.5 Å². The summed E-state index contributed by atoms with van der Waals surface area (Å²) in [4.78, 5) is 35.7. The van der Waals surface area contributed by atoms with Gasteiger partial charge in [0.1, 0.15) is 0 Å². The largest absolute Gasteiger partial charge is 0.469 e. The first-order valence-corrected chi connectivity index (χ1v) is 12.5. The van der Waals surface area contributed by atoms with Crippen LogP contribution < -0.4 is 10.6 Å². The van der Waals surface area contributed by atoms with E-state index < -0.39 is 0 Å². The molecule has 2 aliphatic heterocycles. The van der Waals surface area contributed by atoms with E-state index in [9.17, 15) is 9.59 Å². The molecule has 8 nitrogen and oxygen atoms in total. The quantitative estimate of drug-likeness (QED) is 0.561. The minimum absolute atomic E-state index is 0.0737. The van der Waals surface area contributed by atoms with E-state index >= 15 is 0 Å². The van der Waals surface area contributed by atoms with Gasteiger partial charge in [0.15, 0.2) is 5.96 Å². The number of pyridine rings is 1. The van der Waals surface area contributed by atoms with Gasteiger partial charge in [0.05, 0.1) is 13.5 Å². The molecule has 1 atom stereocenters. The van der Waals surface area contributed by atoms with Crippen molar-refractivity contribution in [3.63, 3.8) is 0 Å². The normalized spacial score (nSPS) is 17.2. The average molecular weight is 478 g/mol. The van der Waals surface area contributed by atoms with E-state index in [1.54, 1.807) is 6.20 Å². The van der Waals surface area contributed by atoms with Gasteiger partial charge >= 0.3 is 5.97 Å². The summed E-state index contributed by atoms with van der Waals surface area (Å²) in [5, 5.41) is 6.52. The molecule has 2 N–H and O–H groups in total. The van der Waals surface area contributed by atoms with Crippen molar-refractivity contribution in [3.05, 3.63) is 59.9 Å². The third-order valence-corrected chi connectivity index (χ3v) is 6.89. The lowest BCUT2D eigenvalue weighted by Crippen LogP contribution is -2.38. The molecule has 186 valence electrons. The number of esters is 1. The van der Waals surface area contributed by atoms with Crippen LogP contribution in [0, 0.1) is 5.92 Å². The second-order valence-electron chi connectivity index (χ2n) is 9.29. The van der Waals surface area contributed by atoms with E-state index in [-0.39, 0.29) is 17.8 Å². The maximum absolute atomic E-state index is 13.2. The van der Waals surface area contributed by atoms with Crippen LogP contribution in [0.4, 0.5) is 5.69 Å². The number of hydrogen-bond donors (Lipinski definition) is 2. The molecule has 1 unspecified atom stereocenters. The Labute approximate surface area is 207 Å². The number of carbonyl (C=O) groups excluding carboxylic acids is 2. The highest BCUT2D eigenvalue weighted by Gasteiger charge is 2.25. The molecular weight excluding hydrogens is 442 g/mol. The molecule has 0 spiro atoms. The summed E-state index contributed by atoms with van der Waals surface area (Å²) >= 11 is 0. The summed E-state index contributed by atoms with van der Waals surface area (Å²) in [6.45, 7) is 3.23. The third-order valence-electron chi connectivity index (χ3n) is 6.89. The molecule has 0 aliphatic carbocycles. The van der Waals surface area contributed by atoms with Crippen molar-refractivity contribution in [3.8, 4) is 0 Å². The fraction of sp³-hybridized carbons (Fsp3) is 0.481. The van der Waals surface area contributed by atoms with Crippen LogP contribution in [0.3, 0.4) is 0 Å². The predicted octanol–water partition coefficient (Wildman–Crippen LogP) is 3.82. The Bertz CT molecular complexity index is 1020. The molecule has 1 fully saturated rings. The molecule has 35 heavy (non-hydrogen) atoms. The number of methoxy groups -OCH3 is 1. The maximum Gasteiger partial charge on any atom is 0.306 e. The zero-order valence-electron chi connectivity index (χ0n) is 20.4. The molecule has 1 saturated heterocycles. The standard InChI is InChI=1S/C27H35N5O3/c1-35-25(33)18-21(23-6-3-12-28-19-23)9-8-20-10-15-32(16-11-20)26(34)22-5-2-7-24(17-22)31-27-29-13-4-14-30-27/h2-3,5-7,12,17,19-21H,4,8-11,13-16,18H2,1H3,(H2,29,30,31). The van der Waals surface area contributed by atoms with E-state index in [4.69, 9.17) is 4.74 Å². The van der Waals surface area contributed by atoms with Crippen molar-refractivity contribution in [1.82, 2.24) is 15.2 Å². The first kappa shape index (κ1) is 24.7. The number of likely N-dealkylation sites (tertiary alicyclic amines) is 1. The molecular formula is C27H35N5O3. The number of ether oxygens (including phenoxy) is 1. The van der Waals surface area contributed by atoms with Crippen LogP contribution >= 0.6 is 0 Å². The summed E-state index contributed by atoms with van der Waals surface area (Å²) in [6.07, 6.45) is 8.87. The van der Waals surface area contributed by atoms with Crippen molar-refractivity contribution in [1.29, 1.82) is 0 Å². The fourth-order valence-corrected chi connectivity index (χ4v) is 4.82. The molecule has 2 aromatic rings. The van der Waals surface area contributed by atoms with Crippen molar-refractivity contribution < 1.29 is 14.3 Å². The summed E-state index contributed by atoms with van der Waals surface area (Å²) in [7, 11) is 1.43. The van der Waals surface area contributed by atoms with Gasteiger partial charge in [-0.3, -0.25) is 19.6 Å². The van der Waals surface area contributed by atoms with E-state index in [1.807, 2.05) is 47.5 Å². The highest BCUT2D eigenvalue weighted by Crippen LogP contribution is 2.31. The Balaban J connectivity index is 1.28. The SMILES string of the molecule is COC(=O)CC(CCC1CCN(C(=O)c2cccc(NC3=NCCCN3)c2)CC1)c1cccnc1. The van der Waals surface area contributed by atoms with Crippen LogP contribution in [-0.4, -0.2) is 61.0 Å². The van der Waals surface area contributed by atoms with Gasteiger partial charge in [0.2, 0.25) is 0 Å². The second-order valence-corrected chi connectivity index (χ2v) is 9.29. The lowest BCUT2D eigenvalue weighted by Gasteiger charge is -2.33. The highest BCUT2D eigenvalue weighted by molar-refractivity contribution is 5.98. The zero-order chi connectivity index (χ0) is 24.5. The fourth-order valence-electron chi connectivity index (χ4n) is 4.82. The number of aliphatic imine (C=N–C) groups is 1. The average Bonchev–Trinajstić information content (AvgIpc) is 2.92. The topological polar surface area (TPSA) is 95.9 Å². The first-order chi connectivity index (χ1) is 17.1. The molecule has 0 bridgehead atoms. The second kappa shape index (κ2) is 12.3. The Morgan fingerprint density at radius 2 is 2.09 bits per heavy atom. The summed E-state index contributed by atoms with van der Waals surface area (Å²) < 4.78 is 4.91. The van der Waals surface area contributed by atoms with Crippen molar-refractivity contribution >= 4 is 23.5 Å². The van der Waals surface area contributed by atoms with Crippen molar-refractivity contribution in [2.24, 2.45) is 10.9 Å². The minimum atomic E-state index is -0.192. The van der Waals surface area contributed by atoms with Gasteiger partial charge < -0.3 is 20.3 Å². The van der Waals surface area contributed by atoms with Crippen LogP contribution in [0.15, 0.2) is 53.8 Å². The summed E-state index contributed by atoms with van der Waals surface area (Å²) in [6, 6.07) is 11.6. The van der Waals surface area contributed by atoms with Gasteiger partial charge in [-0.1, -0.05) is 12.1 Å². The van der Waals surface area contributed by atoms with Crippen LogP contribution in [0.2, 0.25) is 0 Å². The Kier molecular flexibility index (Phi) is 8.70. The minimum Gasteiger partial charge on any atom is -0.469 e. The highest BCUT2D eigenvalue weighted by atomic mass is 16.5. The number of benzene rings is 1. The van der Waals surface area contributed by atoms with E-state index in [1.165, 1.54) is 7.11 Å². The zero-order valence-corrected chi connectivity index (χ0v) is 20.4. The Morgan fingerprint density at radius 1 is 1.23 bits per heavy atom. The molecule has 3 heterocycles. The van der Waals surface area contributed by atoms with Crippen molar-refractivity contribution in [2.45, 2.75) is 44.4 Å². The van der Waals surface area contributed by atoms with Gasteiger partial charge in [-0.2, -0.15) is 0 Å². The smallest absolute Gasteiger partial charge is 0.306 e. The number of rotatable bonds is 8. The van der Waals surface area contributed by atoms with Gasteiger partial charge in [0.25, 0.3) is 5.91 Å². The van der Waals surface area contributed by atoms with Crippen LogP contribution in [0.1, 0.15) is 60.4 Å². The number of nitrogens with one attached hydrogen (secondary N) is 2. The lowest BCUT2D eigenvalue weighted by atomic mass is 9.85. The molecule has 8 heteroatoms. The van der Waals surface area contributed by atoms with E-state index in [0.29, 0.717) is 17.9 Å². The van der Waals surface area contributed by atoms with Gasteiger partial charge in [-0.15, -0.1) is 0 Å². The first-order valence-electron chi connectivity index (χ1n) is 12.5. The number of carbonyl (C=O) groups is 2. The molecule has 0 saturated carbocycles. The molecule has 1 aromatic heterocycles. The Hall–Kier alpha value is -3.42. The molecule has 0 radical (unpaired) electrons. The number of nitrogens with zero attached hydrogens (tertiary/aromatic N) is 3. The number of piperidine rings is 1. The predicted molar refractivity (Wildman–Crippen MR) is 136 cm³/mol. The third kappa shape index (κ3) is 7.04. The molecule has 1 aromatic carbocycles. The maximum atomic E-state index is 13.2. The van der Waals surface area contributed by atoms with Crippen LogP contribution in [0.5, 0.6) is 0 Å². The van der Waals surface area contributed by atoms with Crippen LogP contribution in [-0.2, 0) is 9.53 Å². The van der Waals surface area contributed by atoms with Gasteiger partial charge in [0, 0.05) is 49.8 Å². The monoisotopic (exact) mass is 477 g/mol. The number of aromatic nitrogens is 1. The summed E-state index contributed by atoms with van der Waals surface area (Å²) in [5.41, 5.74) is 2.64. The Morgan fingerprint density at radius 3 is 2.80 bits per heavy atom. The number of amides is 1. The van der Waals surface area contributed by atoms with Gasteiger partial charge in [-0.05, 0) is 73.8 Å². The van der Waals surface area contributed by atoms with E-state index in [2.05, 4.69) is 20.6 Å². The lowest BCUT2D eigenvalue weighted by molar-refractivity contribution is -0.141. The molecule has 4 rings (SSSR count).